The third-order valence-electron chi connectivity index (χ3n) is 3.54. The predicted octanol–water partition coefficient (Wildman–Crippen LogP) is 3.78. The van der Waals surface area contributed by atoms with E-state index >= 15 is 0 Å². The quantitative estimate of drug-likeness (QED) is 0.437. The van der Waals surface area contributed by atoms with E-state index in [0.29, 0.717) is 17.9 Å². The minimum Gasteiger partial charge on any atom is -0.497 e. The highest BCUT2D eigenvalue weighted by atomic mass is 16.6. The Balaban J connectivity index is 1.97. The molecule has 2 aromatic carbocycles. The van der Waals surface area contributed by atoms with Crippen LogP contribution in [0.1, 0.15) is 17.5 Å². The Kier molecular flexibility index (Phi) is 6.61. The Hall–Kier alpha value is -3.26. The van der Waals surface area contributed by atoms with Gasteiger partial charge in [-0.05, 0) is 47.9 Å². The van der Waals surface area contributed by atoms with Gasteiger partial charge in [0.05, 0.1) is 20.3 Å². The van der Waals surface area contributed by atoms with Crippen LogP contribution < -0.4 is 14.2 Å². The summed E-state index contributed by atoms with van der Waals surface area (Å²) in [6, 6.07) is 14.6. The van der Waals surface area contributed by atoms with Crippen LogP contribution in [0.2, 0.25) is 0 Å². The predicted molar refractivity (Wildman–Crippen MR) is 94.6 cm³/mol. The lowest BCUT2D eigenvalue weighted by atomic mass is 10.1. The molecule has 128 valence electrons. The maximum absolute atomic E-state index is 12.1. The molecule has 0 spiro atoms. The summed E-state index contributed by atoms with van der Waals surface area (Å²) in [4.78, 5) is 12.1. The number of hydrogen-bond donors (Lipinski definition) is 0. The number of methoxy groups -OCH3 is 2. The maximum atomic E-state index is 12.1. The number of nitriles is 1. The van der Waals surface area contributed by atoms with Crippen LogP contribution in [0.5, 0.6) is 17.2 Å². The van der Waals surface area contributed by atoms with E-state index in [0.717, 1.165) is 16.9 Å². The van der Waals surface area contributed by atoms with Crippen molar-refractivity contribution in [3.63, 3.8) is 0 Å². The van der Waals surface area contributed by atoms with Gasteiger partial charge in [-0.3, -0.25) is 4.79 Å². The number of rotatable bonds is 7. The first-order valence-corrected chi connectivity index (χ1v) is 7.74. The summed E-state index contributed by atoms with van der Waals surface area (Å²) in [5, 5.41) is 8.57. The first-order valence-electron chi connectivity index (χ1n) is 7.74. The molecule has 2 aromatic rings. The Morgan fingerprint density at radius 3 is 2.48 bits per heavy atom. The zero-order chi connectivity index (χ0) is 18.1. The summed E-state index contributed by atoms with van der Waals surface area (Å²) in [5.41, 5.74) is 1.82. The molecule has 0 heterocycles. The number of carbonyl (C=O) groups is 1. The third kappa shape index (κ3) is 5.40. The van der Waals surface area contributed by atoms with Crippen LogP contribution in [0.4, 0.5) is 0 Å². The number of ether oxygens (including phenoxy) is 3. The maximum Gasteiger partial charge on any atom is 0.311 e. The van der Waals surface area contributed by atoms with Gasteiger partial charge in [-0.25, -0.2) is 0 Å². The molecule has 0 atom stereocenters. The minimum atomic E-state index is -0.338. The van der Waals surface area contributed by atoms with Gasteiger partial charge >= 0.3 is 5.97 Å². The number of benzene rings is 2. The summed E-state index contributed by atoms with van der Waals surface area (Å²) in [6.45, 7) is 0. The molecule has 2 rings (SSSR count). The fourth-order valence-corrected chi connectivity index (χ4v) is 2.22. The number of aryl methyl sites for hydroxylation is 1. The van der Waals surface area contributed by atoms with Crippen molar-refractivity contribution >= 4 is 12.0 Å². The van der Waals surface area contributed by atoms with Crippen molar-refractivity contribution in [3.8, 4) is 23.3 Å². The highest BCUT2D eigenvalue weighted by molar-refractivity contribution is 5.74. The van der Waals surface area contributed by atoms with Crippen molar-refractivity contribution in [2.75, 3.05) is 14.2 Å². The lowest BCUT2D eigenvalue weighted by molar-refractivity contribution is -0.134. The fraction of sp³-hybridized carbons (Fsp3) is 0.200. The second kappa shape index (κ2) is 9.14. The van der Waals surface area contributed by atoms with Gasteiger partial charge < -0.3 is 14.2 Å². The van der Waals surface area contributed by atoms with Gasteiger partial charge in [0.25, 0.3) is 0 Å². The first kappa shape index (κ1) is 18.1. The highest BCUT2D eigenvalue weighted by Crippen LogP contribution is 2.29. The van der Waals surface area contributed by atoms with Gasteiger partial charge in [0, 0.05) is 12.5 Å². The molecule has 0 aromatic heterocycles. The average Bonchev–Trinajstić information content (AvgIpc) is 2.65. The van der Waals surface area contributed by atoms with Crippen LogP contribution in [0.15, 0.2) is 48.5 Å². The standard InChI is InChI=1S/C20H19NO4/c1-23-17-9-5-15(6-10-17)8-12-20(22)25-18-11-7-16(4-3-13-21)14-19(18)24-2/h3-7,9-11,14H,8,12H2,1-2H3/b4-3-. The van der Waals surface area contributed by atoms with Crippen molar-refractivity contribution in [1.29, 1.82) is 5.26 Å². The van der Waals surface area contributed by atoms with E-state index < -0.39 is 0 Å². The van der Waals surface area contributed by atoms with Crippen molar-refractivity contribution in [1.82, 2.24) is 0 Å². The number of allylic oxidation sites excluding steroid dienone is 1. The molecule has 0 saturated carbocycles. The van der Waals surface area contributed by atoms with Gasteiger partial charge in [-0.15, -0.1) is 0 Å². The molecule has 0 aliphatic heterocycles. The molecule has 5 nitrogen and oxygen atoms in total. The highest BCUT2D eigenvalue weighted by Gasteiger charge is 2.11. The smallest absolute Gasteiger partial charge is 0.311 e. The van der Waals surface area contributed by atoms with E-state index in [1.165, 1.54) is 13.2 Å². The van der Waals surface area contributed by atoms with Gasteiger partial charge in [0.1, 0.15) is 5.75 Å². The Bertz CT molecular complexity index is 788. The lowest BCUT2D eigenvalue weighted by Gasteiger charge is -2.10. The van der Waals surface area contributed by atoms with Crippen LogP contribution in [0, 0.1) is 11.3 Å². The molecular weight excluding hydrogens is 318 g/mol. The Morgan fingerprint density at radius 1 is 1.08 bits per heavy atom. The molecule has 0 amide bonds. The third-order valence-corrected chi connectivity index (χ3v) is 3.54. The molecule has 0 saturated heterocycles. The number of esters is 1. The summed E-state index contributed by atoms with van der Waals surface area (Å²) < 4.78 is 15.7. The Morgan fingerprint density at radius 2 is 1.84 bits per heavy atom. The lowest BCUT2D eigenvalue weighted by Crippen LogP contribution is -2.10. The van der Waals surface area contributed by atoms with E-state index in [-0.39, 0.29) is 12.4 Å². The molecular formula is C20H19NO4. The zero-order valence-electron chi connectivity index (χ0n) is 14.2. The van der Waals surface area contributed by atoms with E-state index in [2.05, 4.69) is 0 Å². The number of carbonyl (C=O) groups excluding carboxylic acids is 1. The summed E-state index contributed by atoms with van der Waals surface area (Å²) >= 11 is 0. The van der Waals surface area contributed by atoms with E-state index in [1.807, 2.05) is 30.3 Å². The van der Waals surface area contributed by atoms with Crippen LogP contribution in [-0.2, 0) is 11.2 Å². The van der Waals surface area contributed by atoms with Gasteiger partial charge in [0.15, 0.2) is 11.5 Å². The second-order valence-electron chi connectivity index (χ2n) is 5.19. The van der Waals surface area contributed by atoms with Crippen molar-refractivity contribution in [2.24, 2.45) is 0 Å². The molecule has 0 fully saturated rings. The largest absolute Gasteiger partial charge is 0.497 e. The van der Waals surface area contributed by atoms with Crippen LogP contribution in [-0.4, -0.2) is 20.2 Å². The zero-order valence-corrected chi connectivity index (χ0v) is 14.2. The molecule has 25 heavy (non-hydrogen) atoms. The molecule has 0 radical (unpaired) electrons. The monoisotopic (exact) mass is 337 g/mol. The summed E-state index contributed by atoms with van der Waals surface area (Å²) in [5.74, 6) is 1.24. The van der Waals surface area contributed by atoms with E-state index in [9.17, 15) is 4.79 Å². The van der Waals surface area contributed by atoms with Gasteiger partial charge in [-0.2, -0.15) is 5.26 Å². The van der Waals surface area contributed by atoms with Crippen LogP contribution in [0.25, 0.3) is 6.08 Å². The van der Waals surface area contributed by atoms with Gasteiger partial charge in [-0.1, -0.05) is 18.2 Å². The summed E-state index contributed by atoms with van der Waals surface area (Å²) in [7, 11) is 3.11. The summed E-state index contributed by atoms with van der Waals surface area (Å²) in [6.07, 6.45) is 3.85. The molecule has 0 aliphatic carbocycles. The molecule has 0 unspecified atom stereocenters. The average molecular weight is 337 g/mol. The Labute approximate surface area is 147 Å². The normalized spacial score (nSPS) is 10.3. The molecule has 0 aliphatic rings. The van der Waals surface area contributed by atoms with Gasteiger partial charge in [0.2, 0.25) is 0 Å². The number of hydrogen-bond acceptors (Lipinski definition) is 5. The van der Waals surface area contributed by atoms with Crippen molar-refractivity contribution in [2.45, 2.75) is 12.8 Å². The van der Waals surface area contributed by atoms with Crippen LogP contribution >= 0.6 is 0 Å². The number of nitrogens with zero attached hydrogens (tertiary/aromatic N) is 1. The topological polar surface area (TPSA) is 68.5 Å². The fourth-order valence-electron chi connectivity index (χ4n) is 2.22. The SMILES string of the molecule is COc1ccc(CCC(=O)Oc2ccc(/C=C\C#N)cc2OC)cc1. The molecule has 5 heteroatoms. The van der Waals surface area contributed by atoms with E-state index in [1.54, 1.807) is 31.4 Å². The second-order valence-corrected chi connectivity index (χ2v) is 5.19. The minimum absolute atomic E-state index is 0.256. The first-order chi connectivity index (χ1) is 12.2. The molecule has 0 N–H and O–H groups in total. The van der Waals surface area contributed by atoms with Crippen LogP contribution in [0.3, 0.4) is 0 Å². The van der Waals surface area contributed by atoms with E-state index in [4.69, 9.17) is 19.5 Å². The van der Waals surface area contributed by atoms with Crippen molar-refractivity contribution < 1.29 is 19.0 Å². The van der Waals surface area contributed by atoms with Crippen molar-refractivity contribution in [3.05, 3.63) is 59.7 Å². The molecule has 0 bridgehead atoms.